The summed E-state index contributed by atoms with van der Waals surface area (Å²) in [5, 5.41) is 3.92. The molecule has 2 saturated carbocycles. The molecule has 3 aliphatic carbocycles. The van der Waals surface area contributed by atoms with Crippen LogP contribution in [0.4, 0.5) is 0 Å². The van der Waals surface area contributed by atoms with Crippen molar-refractivity contribution in [1.29, 1.82) is 0 Å². The second-order valence-corrected chi connectivity index (χ2v) is 6.11. The highest BCUT2D eigenvalue weighted by Crippen LogP contribution is 2.44. The number of rotatable bonds is 3. The van der Waals surface area contributed by atoms with Crippen LogP contribution in [-0.4, -0.2) is 12.1 Å². The van der Waals surface area contributed by atoms with Crippen LogP contribution >= 0.6 is 0 Å². The molecule has 0 aromatic carbocycles. The Morgan fingerprint density at radius 2 is 1.75 bits per heavy atom. The number of allylic oxidation sites excluding steroid dienone is 1. The van der Waals surface area contributed by atoms with Gasteiger partial charge in [0.25, 0.3) is 0 Å². The van der Waals surface area contributed by atoms with Gasteiger partial charge in [-0.2, -0.15) is 0 Å². The van der Waals surface area contributed by atoms with Crippen molar-refractivity contribution in [3.63, 3.8) is 0 Å². The van der Waals surface area contributed by atoms with Crippen LogP contribution in [0, 0.1) is 11.8 Å². The zero-order chi connectivity index (χ0) is 10.8. The van der Waals surface area contributed by atoms with E-state index in [0.717, 1.165) is 23.9 Å². The number of hydrogen-bond donors (Lipinski definition) is 1. The molecule has 0 spiro atoms. The number of nitrogens with one attached hydrogen (secondary N) is 1. The Hall–Kier alpha value is -0.300. The van der Waals surface area contributed by atoms with Crippen LogP contribution in [0.1, 0.15) is 57.8 Å². The van der Waals surface area contributed by atoms with E-state index in [-0.39, 0.29) is 0 Å². The van der Waals surface area contributed by atoms with E-state index < -0.39 is 0 Å². The van der Waals surface area contributed by atoms with Gasteiger partial charge in [0, 0.05) is 12.1 Å². The van der Waals surface area contributed by atoms with E-state index in [9.17, 15) is 0 Å². The molecule has 2 fully saturated rings. The molecule has 90 valence electrons. The summed E-state index contributed by atoms with van der Waals surface area (Å²) in [6, 6.07) is 1.63. The van der Waals surface area contributed by atoms with E-state index in [0.29, 0.717) is 0 Å². The molecular formula is C15H25N. The Labute approximate surface area is 99.7 Å². The first-order chi connectivity index (χ1) is 7.92. The maximum atomic E-state index is 3.92. The van der Waals surface area contributed by atoms with Crippen LogP contribution in [0.25, 0.3) is 0 Å². The normalized spacial score (nSPS) is 39.9. The third kappa shape index (κ3) is 2.68. The summed E-state index contributed by atoms with van der Waals surface area (Å²) < 4.78 is 0. The Bertz CT molecular complexity index is 254. The van der Waals surface area contributed by atoms with E-state index in [4.69, 9.17) is 0 Å². The smallest absolute Gasteiger partial charge is 0.0107 e. The third-order valence-corrected chi connectivity index (χ3v) is 4.74. The largest absolute Gasteiger partial charge is 0.311 e. The molecule has 0 radical (unpaired) electrons. The van der Waals surface area contributed by atoms with E-state index in [1.807, 2.05) is 0 Å². The van der Waals surface area contributed by atoms with Gasteiger partial charge in [-0.3, -0.25) is 0 Å². The van der Waals surface area contributed by atoms with Gasteiger partial charge < -0.3 is 5.32 Å². The van der Waals surface area contributed by atoms with Crippen LogP contribution in [0.15, 0.2) is 12.2 Å². The van der Waals surface area contributed by atoms with Crippen molar-refractivity contribution >= 4 is 0 Å². The minimum atomic E-state index is 0.785. The van der Waals surface area contributed by atoms with Crippen molar-refractivity contribution in [2.75, 3.05) is 0 Å². The van der Waals surface area contributed by atoms with Gasteiger partial charge in [0.1, 0.15) is 0 Å². The second kappa shape index (κ2) is 4.91. The first kappa shape index (κ1) is 10.8. The summed E-state index contributed by atoms with van der Waals surface area (Å²) >= 11 is 0. The molecule has 0 bridgehead atoms. The Morgan fingerprint density at radius 3 is 2.50 bits per heavy atom. The fourth-order valence-corrected chi connectivity index (χ4v) is 3.65. The molecular weight excluding hydrogens is 194 g/mol. The van der Waals surface area contributed by atoms with Crippen molar-refractivity contribution in [2.24, 2.45) is 11.8 Å². The van der Waals surface area contributed by atoms with Crippen LogP contribution in [0.5, 0.6) is 0 Å². The zero-order valence-corrected chi connectivity index (χ0v) is 10.3. The molecule has 0 heterocycles. The van der Waals surface area contributed by atoms with Crippen LogP contribution < -0.4 is 5.32 Å². The first-order valence-electron chi connectivity index (χ1n) is 7.33. The SMILES string of the molecule is C1=CCC(NC2CCCC(C3CC3)C2)CC1. The standard InChI is InChI=1S/C15H25N/c1-2-6-14(7-3-1)16-15-8-4-5-13(11-15)12-9-10-12/h1-2,12-16H,3-11H2. The van der Waals surface area contributed by atoms with E-state index in [2.05, 4.69) is 17.5 Å². The molecule has 3 unspecified atom stereocenters. The molecule has 3 rings (SSSR count). The molecule has 1 N–H and O–H groups in total. The highest BCUT2D eigenvalue weighted by atomic mass is 15.0. The Balaban J connectivity index is 1.48. The Morgan fingerprint density at radius 1 is 0.812 bits per heavy atom. The van der Waals surface area contributed by atoms with E-state index >= 15 is 0 Å². The van der Waals surface area contributed by atoms with E-state index in [1.54, 1.807) is 0 Å². The lowest BCUT2D eigenvalue weighted by molar-refractivity contribution is 0.242. The van der Waals surface area contributed by atoms with Gasteiger partial charge in [0.15, 0.2) is 0 Å². The third-order valence-electron chi connectivity index (χ3n) is 4.74. The lowest BCUT2D eigenvalue weighted by Crippen LogP contribution is -2.41. The quantitative estimate of drug-likeness (QED) is 0.714. The predicted molar refractivity (Wildman–Crippen MR) is 68.4 cm³/mol. The minimum absolute atomic E-state index is 0.785. The zero-order valence-electron chi connectivity index (χ0n) is 10.3. The topological polar surface area (TPSA) is 12.0 Å². The van der Waals surface area contributed by atoms with Crippen LogP contribution in [-0.2, 0) is 0 Å². The van der Waals surface area contributed by atoms with Gasteiger partial charge in [-0.05, 0) is 56.8 Å². The lowest BCUT2D eigenvalue weighted by Gasteiger charge is -2.33. The average Bonchev–Trinajstić information content (AvgIpc) is 3.15. The van der Waals surface area contributed by atoms with Crippen molar-refractivity contribution in [1.82, 2.24) is 5.32 Å². The summed E-state index contributed by atoms with van der Waals surface area (Å²) in [5.74, 6) is 2.20. The maximum absolute atomic E-state index is 3.92. The monoisotopic (exact) mass is 219 g/mol. The summed E-state index contributed by atoms with van der Waals surface area (Å²) in [6.45, 7) is 0. The maximum Gasteiger partial charge on any atom is 0.0107 e. The summed E-state index contributed by atoms with van der Waals surface area (Å²) in [4.78, 5) is 0. The molecule has 3 atom stereocenters. The molecule has 0 aromatic rings. The second-order valence-electron chi connectivity index (χ2n) is 6.11. The van der Waals surface area contributed by atoms with E-state index in [1.165, 1.54) is 57.8 Å². The first-order valence-corrected chi connectivity index (χ1v) is 7.33. The molecule has 0 saturated heterocycles. The molecule has 0 amide bonds. The van der Waals surface area contributed by atoms with Crippen molar-refractivity contribution in [3.8, 4) is 0 Å². The van der Waals surface area contributed by atoms with Gasteiger partial charge in [0.05, 0.1) is 0 Å². The average molecular weight is 219 g/mol. The summed E-state index contributed by atoms with van der Waals surface area (Å²) in [7, 11) is 0. The fraction of sp³-hybridized carbons (Fsp3) is 0.867. The van der Waals surface area contributed by atoms with Gasteiger partial charge in [0.2, 0.25) is 0 Å². The van der Waals surface area contributed by atoms with Crippen LogP contribution in [0.3, 0.4) is 0 Å². The fourth-order valence-electron chi connectivity index (χ4n) is 3.65. The predicted octanol–water partition coefficient (Wildman–Crippen LogP) is 3.65. The minimum Gasteiger partial charge on any atom is -0.311 e. The molecule has 3 aliphatic rings. The number of hydrogen-bond acceptors (Lipinski definition) is 1. The molecule has 16 heavy (non-hydrogen) atoms. The lowest BCUT2D eigenvalue weighted by atomic mass is 9.82. The summed E-state index contributed by atoms with van der Waals surface area (Å²) in [6.07, 6.45) is 17.6. The summed E-state index contributed by atoms with van der Waals surface area (Å²) in [5.41, 5.74) is 0. The van der Waals surface area contributed by atoms with Gasteiger partial charge >= 0.3 is 0 Å². The van der Waals surface area contributed by atoms with Crippen molar-refractivity contribution in [3.05, 3.63) is 12.2 Å². The highest BCUT2D eigenvalue weighted by Gasteiger charge is 2.34. The molecule has 0 aromatic heterocycles. The molecule has 1 heteroatoms. The van der Waals surface area contributed by atoms with Gasteiger partial charge in [-0.25, -0.2) is 0 Å². The Kier molecular flexibility index (Phi) is 3.32. The van der Waals surface area contributed by atoms with Crippen molar-refractivity contribution in [2.45, 2.75) is 69.9 Å². The molecule has 1 nitrogen and oxygen atoms in total. The molecule has 0 aliphatic heterocycles. The van der Waals surface area contributed by atoms with Gasteiger partial charge in [-0.1, -0.05) is 25.0 Å². The van der Waals surface area contributed by atoms with Crippen LogP contribution in [0.2, 0.25) is 0 Å². The van der Waals surface area contributed by atoms with Gasteiger partial charge in [-0.15, -0.1) is 0 Å². The van der Waals surface area contributed by atoms with Crippen molar-refractivity contribution < 1.29 is 0 Å². The highest BCUT2D eigenvalue weighted by molar-refractivity contribution is 4.95.